The number of nitrogens with zero attached hydrogens (tertiary/aromatic N) is 4. The summed E-state index contributed by atoms with van der Waals surface area (Å²) >= 11 is 0. The summed E-state index contributed by atoms with van der Waals surface area (Å²) in [4.78, 5) is 25.0. The van der Waals surface area contributed by atoms with E-state index in [9.17, 15) is 14.7 Å². The van der Waals surface area contributed by atoms with E-state index in [1.54, 1.807) is 6.92 Å². The van der Waals surface area contributed by atoms with E-state index in [-0.39, 0.29) is 18.6 Å². The predicted molar refractivity (Wildman–Crippen MR) is 67.7 cm³/mol. The Morgan fingerprint density at radius 3 is 2.85 bits per heavy atom. The summed E-state index contributed by atoms with van der Waals surface area (Å²) in [5.41, 5.74) is -0.827. The number of likely N-dealkylation sites (tertiary alicyclic amines) is 1. The highest BCUT2D eigenvalue weighted by molar-refractivity contribution is 5.79. The highest BCUT2D eigenvalue weighted by Gasteiger charge is 2.44. The first kappa shape index (κ1) is 14.2. The molecule has 0 aromatic carbocycles. The second-order valence-electron chi connectivity index (χ2n) is 5.05. The number of aliphatic carboxylic acids is 1. The Kier molecular flexibility index (Phi) is 3.86. The number of aromatic nitrogens is 4. The third kappa shape index (κ3) is 2.56. The van der Waals surface area contributed by atoms with Gasteiger partial charge in [-0.1, -0.05) is 12.1 Å². The lowest BCUT2D eigenvalue weighted by Gasteiger charge is -2.24. The molecule has 9 nitrogen and oxygen atoms in total. The Balaban J connectivity index is 1.96. The monoisotopic (exact) mass is 282 g/mol. The van der Waals surface area contributed by atoms with Crippen LogP contribution in [-0.4, -0.2) is 55.7 Å². The SMILES string of the molecule is CCC1(C(=O)O)CCN(C(=O)NC(C)c2nn[nH]n2)C1. The van der Waals surface area contributed by atoms with E-state index < -0.39 is 11.4 Å². The quantitative estimate of drug-likeness (QED) is 0.722. The number of carboxylic acid groups (broad SMARTS) is 1. The first-order valence-electron chi connectivity index (χ1n) is 6.50. The number of hydrogen-bond donors (Lipinski definition) is 3. The topological polar surface area (TPSA) is 124 Å². The van der Waals surface area contributed by atoms with Crippen molar-refractivity contribution in [1.29, 1.82) is 0 Å². The summed E-state index contributed by atoms with van der Waals surface area (Å²) in [6.45, 7) is 4.23. The van der Waals surface area contributed by atoms with Crippen molar-refractivity contribution in [3.05, 3.63) is 5.82 Å². The van der Waals surface area contributed by atoms with Gasteiger partial charge in [0.2, 0.25) is 0 Å². The van der Waals surface area contributed by atoms with Gasteiger partial charge in [0, 0.05) is 13.1 Å². The molecule has 20 heavy (non-hydrogen) atoms. The maximum atomic E-state index is 12.1. The molecule has 1 fully saturated rings. The van der Waals surface area contributed by atoms with Crippen LogP contribution >= 0.6 is 0 Å². The number of carboxylic acids is 1. The van der Waals surface area contributed by atoms with Crippen LogP contribution in [0.15, 0.2) is 0 Å². The van der Waals surface area contributed by atoms with Gasteiger partial charge < -0.3 is 15.3 Å². The minimum Gasteiger partial charge on any atom is -0.481 e. The minimum absolute atomic E-state index is 0.226. The third-order valence-electron chi connectivity index (χ3n) is 3.86. The molecule has 0 radical (unpaired) electrons. The number of carbonyl (C=O) groups is 2. The van der Waals surface area contributed by atoms with Crippen molar-refractivity contribution in [3.63, 3.8) is 0 Å². The smallest absolute Gasteiger partial charge is 0.318 e. The van der Waals surface area contributed by atoms with Gasteiger partial charge in [-0.05, 0) is 19.8 Å². The summed E-state index contributed by atoms with van der Waals surface area (Å²) in [6.07, 6.45) is 0.982. The third-order valence-corrected chi connectivity index (χ3v) is 3.86. The van der Waals surface area contributed by atoms with Gasteiger partial charge in [-0.3, -0.25) is 4.79 Å². The molecule has 9 heteroatoms. The lowest BCUT2D eigenvalue weighted by atomic mass is 9.84. The standard InChI is InChI=1S/C11H18N6O3/c1-3-11(9(18)19)4-5-17(6-11)10(20)12-7(2)8-13-15-16-14-8/h7H,3-6H2,1-2H3,(H,12,20)(H,18,19)(H,13,14,15,16). The Hall–Kier alpha value is -2.19. The summed E-state index contributed by atoms with van der Waals surface area (Å²) in [5, 5.41) is 25.4. The maximum absolute atomic E-state index is 12.1. The number of hydrogen-bond acceptors (Lipinski definition) is 5. The van der Waals surface area contributed by atoms with Crippen molar-refractivity contribution in [2.75, 3.05) is 13.1 Å². The van der Waals surface area contributed by atoms with E-state index in [4.69, 9.17) is 0 Å². The van der Waals surface area contributed by atoms with Gasteiger partial charge >= 0.3 is 12.0 Å². The van der Waals surface area contributed by atoms with Crippen molar-refractivity contribution in [3.8, 4) is 0 Å². The van der Waals surface area contributed by atoms with Crippen LogP contribution in [0.4, 0.5) is 4.79 Å². The summed E-state index contributed by atoms with van der Waals surface area (Å²) in [6, 6.07) is -0.693. The van der Waals surface area contributed by atoms with Crippen molar-refractivity contribution < 1.29 is 14.7 Å². The van der Waals surface area contributed by atoms with E-state index in [0.717, 1.165) is 0 Å². The van der Waals surface area contributed by atoms with Gasteiger partial charge in [0.25, 0.3) is 0 Å². The Morgan fingerprint density at radius 2 is 2.35 bits per heavy atom. The summed E-state index contributed by atoms with van der Waals surface area (Å²) < 4.78 is 0. The molecular weight excluding hydrogens is 264 g/mol. The molecule has 0 saturated carbocycles. The fraction of sp³-hybridized carbons (Fsp3) is 0.727. The number of carbonyl (C=O) groups excluding carboxylic acids is 1. The number of tetrazole rings is 1. The molecule has 0 spiro atoms. The van der Waals surface area contributed by atoms with E-state index in [0.29, 0.717) is 25.2 Å². The highest BCUT2D eigenvalue weighted by atomic mass is 16.4. The van der Waals surface area contributed by atoms with Crippen LogP contribution in [0, 0.1) is 5.41 Å². The lowest BCUT2D eigenvalue weighted by molar-refractivity contribution is -0.148. The zero-order valence-electron chi connectivity index (χ0n) is 11.5. The van der Waals surface area contributed by atoms with Crippen LogP contribution in [-0.2, 0) is 4.79 Å². The van der Waals surface area contributed by atoms with Crippen molar-refractivity contribution in [2.45, 2.75) is 32.7 Å². The molecule has 2 heterocycles. The molecule has 2 unspecified atom stereocenters. The molecule has 1 saturated heterocycles. The van der Waals surface area contributed by atoms with Gasteiger partial charge in [0.05, 0.1) is 11.5 Å². The minimum atomic E-state index is -0.846. The van der Waals surface area contributed by atoms with Gasteiger partial charge in [0.15, 0.2) is 5.82 Å². The average Bonchev–Trinajstić information content (AvgIpc) is 3.08. The Labute approximate surface area is 115 Å². The molecule has 1 aromatic heterocycles. The zero-order valence-corrected chi connectivity index (χ0v) is 11.5. The van der Waals surface area contributed by atoms with E-state index in [1.807, 2.05) is 6.92 Å². The van der Waals surface area contributed by atoms with Crippen LogP contribution < -0.4 is 5.32 Å². The molecule has 2 rings (SSSR count). The van der Waals surface area contributed by atoms with Crippen molar-refractivity contribution in [1.82, 2.24) is 30.8 Å². The van der Waals surface area contributed by atoms with E-state index in [1.165, 1.54) is 4.90 Å². The average molecular weight is 282 g/mol. The van der Waals surface area contributed by atoms with Crippen LogP contribution in [0.25, 0.3) is 0 Å². The molecule has 2 amide bonds. The summed E-state index contributed by atoms with van der Waals surface area (Å²) in [7, 11) is 0. The normalized spacial score (nSPS) is 23.6. The Morgan fingerprint density at radius 1 is 1.60 bits per heavy atom. The molecule has 2 atom stereocenters. The highest BCUT2D eigenvalue weighted by Crippen LogP contribution is 2.34. The van der Waals surface area contributed by atoms with Gasteiger partial charge in [-0.15, -0.1) is 10.2 Å². The molecule has 0 bridgehead atoms. The van der Waals surface area contributed by atoms with Crippen LogP contribution in [0.3, 0.4) is 0 Å². The fourth-order valence-corrected chi connectivity index (χ4v) is 2.35. The number of amides is 2. The Bertz CT molecular complexity index is 490. The second-order valence-corrected chi connectivity index (χ2v) is 5.05. The molecule has 1 aromatic rings. The van der Waals surface area contributed by atoms with E-state index in [2.05, 4.69) is 25.9 Å². The number of nitrogens with one attached hydrogen (secondary N) is 2. The molecular formula is C11H18N6O3. The first-order chi connectivity index (χ1) is 9.48. The lowest BCUT2D eigenvalue weighted by Crippen LogP contribution is -2.42. The molecule has 0 aliphatic carbocycles. The van der Waals surface area contributed by atoms with Gasteiger partial charge in [-0.2, -0.15) is 5.21 Å². The second kappa shape index (κ2) is 5.43. The number of aromatic amines is 1. The molecule has 110 valence electrons. The predicted octanol–water partition coefficient (Wildman–Crippen LogP) is 0.157. The van der Waals surface area contributed by atoms with Crippen LogP contribution in [0.5, 0.6) is 0 Å². The van der Waals surface area contributed by atoms with Crippen LogP contribution in [0.2, 0.25) is 0 Å². The number of rotatable bonds is 4. The molecule has 3 N–H and O–H groups in total. The van der Waals surface area contributed by atoms with Crippen molar-refractivity contribution in [2.24, 2.45) is 5.41 Å². The fourth-order valence-electron chi connectivity index (χ4n) is 2.35. The zero-order chi connectivity index (χ0) is 14.8. The van der Waals surface area contributed by atoms with Crippen molar-refractivity contribution >= 4 is 12.0 Å². The first-order valence-corrected chi connectivity index (χ1v) is 6.50. The van der Waals surface area contributed by atoms with Gasteiger partial charge in [0.1, 0.15) is 0 Å². The molecule has 1 aliphatic rings. The largest absolute Gasteiger partial charge is 0.481 e. The number of H-pyrrole nitrogens is 1. The van der Waals surface area contributed by atoms with E-state index >= 15 is 0 Å². The van der Waals surface area contributed by atoms with Gasteiger partial charge in [-0.25, -0.2) is 4.79 Å². The molecule has 1 aliphatic heterocycles. The number of urea groups is 1. The summed E-state index contributed by atoms with van der Waals surface area (Å²) in [5.74, 6) is -0.459. The van der Waals surface area contributed by atoms with Crippen LogP contribution in [0.1, 0.15) is 38.6 Å². The maximum Gasteiger partial charge on any atom is 0.318 e.